The molecular formula is C16H12ClFO2. The minimum Gasteiger partial charge on any atom is -0.489 e. The van der Waals surface area contributed by atoms with Gasteiger partial charge in [0.15, 0.2) is 0 Å². The second-order valence-electron chi connectivity index (χ2n) is 4.02. The predicted molar refractivity (Wildman–Crippen MR) is 76.1 cm³/mol. The Morgan fingerprint density at radius 3 is 2.60 bits per heavy atom. The minimum absolute atomic E-state index is 0.247. The van der Waals surface area contributed by atoms with E-state index in [9.17, 15) is 4.39 Å². The Labute approximate surface area is 121 Å². The fraction of sp³-hybridized carbons (Fsp3) is 0.125. The van der Waals surface area contributed by atoms with Crippen LogP contribution in [0.2, 0.25) is 5.02 Å². The zero-order chi connectivity index (χ0) is 14.4. The number of ether oxygens (including phenoxy) is 1. The SMILES string of the molecule is OCC#Cc1cc(COc2ccc(Cl)cc2)ccc1F. The van der Waals surface area contributed by atoms with E-state index >= 15 is 0 Å². The highest BCUT2D eigenvalue weighted by Crippen LogP contribution is 2.17. The van der Waals surface area contributed by atoms with Crippen LogP contribution in [-0.4, -0.2) is 11.7 Å². The summed E-state index contributed by atoms with van der Waals surface area (Å²) in [6.07, 6.45) is 0. The molecule has 0 saturated carbocycles. The van der Waals surface area contributed by atoms with E-state index in [1.54, 1.807) is 36.4 Å². The molecule has 0 aliphatic heterocycles. The van der Waals surface area contributed by atoms with Gasteiger partial charge >= 0.3 is 0 Å². The Hall–Kier alpha value is -2.02. The molecule has 0 unspecified atom stereocenters. The van der Waals surface area contributed by atoms with E-state index in [-0.39, 0.29) is 12.2 Å². The number of halogens is 2. The van der Waals surface area contributed by atoms with Crippen molar-refractivity contribution < 1.29 is 14.2 Å². The third-order valence-corrected chi connectivity index (χ3v) is 2.80. The van der Waals surface area contributed by atoms with Crippen molar-refractivity contribution in [3.63, 3.8) is 0 Å². The molecule has 0 aromatic heterocycles. The normalized spacial score (nSPS) is 9.75. The van der Waals surface area contributed by atoms with Gasteiger partial charge in [-0.05, 0) is 42.0 Å². The van der Waals surface area contributed by atoms with Crippen LogP contribution in [0.4, 0.5) is 4.39 Å². The summed E-state index contributed by atoms with van der Waals surface area (Å²) in [5, 5.41) is 9.27. The largest absolute Gasteiger partial charge is 0.489 e. The zero-order valence-corrected chi connectivity index (χ0v) is 11.3. The Balaban J connectivity index is 2.08. The predicted octanol–water partition coefficient (Wildman–Crippen LogP) is 3.40. The lowest BCUT2D eigenvalue weighted by Crippen LogP contribution is -1.97. The first-order valence-corrected chi connectivity index (χ1v) is 6.33. The average Bonchev–Trinajstić information content (AvgIpc) is 2.46. The molecule has 102 valence electrons. The van der Waals surface area contributed by atoms with Crippen LogP contribution in [-0.2, 0) is 6.61 Å². The molecule has 2 rings (SSSR count). The maximum absolute atomic E-state index is 13.5. The van der Waals surface area contributed by atoms with Crippen molar-refractivity contribution in [2.75, 3.05) is 6.61 Å². The zero-order valence-electron chi connectivity index (χ0n) is 10.6. The maximum atomic E-state index is 13.5. The van der Waals surface area contributed by atoms with Gasteiger partial charge in [-0.15, -0.1) is 0 Å². The van der Waals surface area contributed by atoms with Gasteiger partial charge in [-0.2, -0.15) is 0 Å². The van der Waals surface area contributed by atoms with E-state index < -0.39 is 5.82 Å². The van der Waals surface area contributed by atoms with E-state index in [1.165, 1.54) is 6.07 Å². The lowest BCUT2D eigenvalue weighted by molar-refractivity contribution is 0.306. The first kappa shape index (κ1) is 14.4. The van der Waals surface area contributed by atoms with Crippen molar-refractivity contribution in [3.8, 4) is 17.6 Å². The number of rotatable bonds is 3. The van der Waals surface area contributed by atoms with Crippen LogP contribution in [0.5, 0.6) is 5.75 Å². The molecule has 2 nitrogen and oxygen atoms in total. The van der Waals surface area contributed by atoms with E-state index in [4.69, 9.17) is 21.4 Å². The molecule has 0 radical (unpaired) electrons. The van der Waals surface area contributed by atoms with Gasteiger partial charge in [0.2, 0.25) is 0 Å². The van der Waals surface area contributed by atoms with E-state index in [2.05, 4.69) is 11.8 Å². The second kappa shape index (κ2) is 6.95. The van der Waals surface area contributed by atoms with Crippen LogP contribution in [0.3, 0.4) is 0 Å². The number of hydrogen-bond donors (Lipinski definition) is 1. The number of benzene rings is 2. The molecule has 4 heteroatoms. The van der Waals surface area contributed by atoms with Crippen LogP contribution in [0.1, 0.15) is 11.1 Å². The fourth-order valence-electron chi connectivity index (χ4n) is 1.59. The topological polar surface area (TPSA) is 29.5 Å². The van der Waals surface area contributed by atoms with Crippen molar-refractivity contribution in [1.82, 2.24) is 0 Å². The minimum atomic E-state index is -0.416. The molecule has 0 aliphatic carbocycles. The third kappa shape index (κ3) is 3.99. The Morgan fingerprint density at radius 2 is 1.90 bits per heavy atom. The van der Waals surface area contributed by atoms with E-state index in [1.807, 2.05) is 0 Å². The molecule has 0 saturated heterocycles. The van der Waals surface area contributed by atoms with Crippen LogP contribution < -0.4 is 4.74 Å². The lowest BCUT2D eigenvalue weighted by atomic mass is 10.1. The third-order valence-electron chi connectivity index (χ3n) is 2.55. The van der Waals surface area contributed by atoms with Crippen molar-refractivity contribution in [3.05, 3.63) is 64.4 Å². The summed E-state index contributed by atoms with van der Waals surface area (Å²) in [5.41, 5.74) is 1.04. The lowest BCUT2D eigenvalue weighted by Gasteiger charge is -2.07. The maximum Gasteiger partial charge on any atom is 0.138 e. The van der Waals surface area contributed by atoms with Crippen molar-refractivity contribution in [1.29, 1.82) is 0 Å². The number of aliphatic hydroxyl groups excluding tert-OH is 1. The van der Waals surface area contributed by atoms with Gasteiger partial charge in [-0.25, -0.2) is 4.39 Å². The molecule has 0 heterocycles. The highest BCUT2D eigenvalue weighted by Gasteiger charge is 2.02. The Kier molecular flexibility index (Phi) is 5.00. The molecule has 2 aromatic carbocycles. The molecule has 1 N–H and O–H groups in total. The molecule has 0 spiro atoms. The number of hydrogen-bond acceptors (Lipinski definition) is 2. The molecule has 0 bridgehead atoms. The molecule has 0 amide bonds. The number of aliphatic hydroxyl groups is 1. The molecular weight excluding hydrogens is 279 g/mol. The van der Waals surface area contributed by atoms with Gasteiger partial charge in [-0.1, -0.05) is 29.5 Å². The Bertz CT molecular complexity index is 642. The molecule has 0 aliphatic rings. The molecule has 0 fully saturated rings. The monoisotopic (exact) mass is 290 g/mol. The van der Waals surface area contributed by atoms with Crippen LogP contribution in [0.25, 0.3) is 0 Å². The first-order chi connectivity index (χ1) is 9.69. The van der Waals surface area contributed by atoms with Gasteiger partial charge in [0.05, 0.1) is 5.56 Å². The summed E-state index contributed by atoms with van der Waals surface area (Å²) in [6, 6.07) is 11.6. The van der Waals surface area contributed by atoms with E-state index in [0.717, 1.165) is 5.56 Å². The first-order valence-electron chi connectivity index (χ1n) is 5.95. The average molecular weight is 291 g/mol. The molecule has 0 atom stereocenters. The highest BCUT2D eigenvalue weighted by molar-refractivity contribution is 6.30. The van der Waals surface area contributed by atoms with Gasteiger partial charge in [0, 0.05) is 5.02 Å². The summed E-state index contributed by atoms with van der Waals surface area (Å²) in [4.78, 5) is 0. The highest BCUT2D eigenvalue weighted by atomic mass is 35.5. The smallest absolute Gasteiger partial charge is 0.138 e. The Morgan fingerprint density at radius 1 is 1.15 bits per heavy atom. The van der Waals surface area contributed by atoms with Crippen LogP contribution in [0, 0.1) is 17.7 Å². The fourth-order valence-corrected chi connectivity index (χ4v) is 1.72. The van der Waals surface area contributed by atoms with Crippen molar-refractivity contribution in [2.45, 2.75) is 6.61 Å². The van der Waals surface area contributed by atoms with Gasteiger partial charge in [0.1, 0.15) is 24.8 Å². The molecule has 2 aromatic rings. The van der Waals surface area contributed by atoms with Crippen LogP contribution >= 0.6 is 11.6 Å². The van der Waals surface area contributed by atoms with Crippen LogP contribution in [0.15, 0.2) is 42.5 Å². The quantitative estimate of drug-likeness (QED) is 0.878. The van der Waals surface area contributed by atoms with E-state index in [0.29, 0.717) is 17.4 Å². The summed E-state index contributed by atoms with van der Waals surface area (Å²) in [5.74, 6) is 5.25. The molecule has 20 heavy (non-hydrogen) atoms. The van der Waals surface area contributed by atoms with Crippen molar-refractivity contribution >= 4 is 11.6 Å². The van der Waals surface area contributed by atoms with Crippen molar-refractivity contribution in [2.24, 2.45) is 0 Å². The van der Waals surface area contributed by atoms with Gasteiger partial charge in [-0.3, -0.25) is 0 Å². The summed E-state index contributed by atoms with van der Waals surface area (Å²) in [7, 11) is 0. The summed E-state index contributed by atoms with van der Waals surface area (Å²) >= 11 is 5.78. The van der Waals surface area contributed by atoms with Gasteiger partial charge < -0.3 is 9.84 Å². The standard InChI is InChI=1S/C16H12ClFO2/c17-14-4-6-15(7-5-14)20-11-12-3-8-16(18)13(10-12)2-1-9-19/h3-8,10,19H,9,11H2. The van der Waals surface area contributed by atoms with Gasteiger partial charge in [0.25, 0.3) is 0 Å². The summed E-state index contributed by atoms with van der Waals surface area (Å²) < 4.78 is 19.0. The summed E-state index contributed by atoms with van der Waals surface area (Å²) in [6.45, 7) is 0.000654. The second-order valence-corrected chi connectivity index (χ2v) is 4.45.